The van der Waals surface area contributed by atoms with E-state index < -0.39 is 17.0 Å². The van der Waals surface area contributed by atoms with Crippen molar-refractivity contribution < 1.29 is 29.0 Å². The van der Waals surface area contributed by atoms with E-state index in [0.717, 1.165) is 30.8 Å². The number of ether oxygens (including phenoxy) is 2. The highest BCUT2D eigenvalue weighted by Crippen LogP contribution is 2.39. The maximum absolute atomic E-state index is 13.5. The molecule has 2 N–H and O–H groups in total. The Morgan fingerprint density at radius 3 is 2.59 bits per heavy atom. The Hall–Kier alpha value is -4.03. The fourth-order valence-electron chi connectivity index (χ4n) is 6.77. The van der Waals surface area contributed by atoms with E-state index in [-0.39, 0.29) is 35.5 Å². The molecule has 12 heteroatoms. The standard InChI is InChI=1S/C32H40N6O6/c1-21-14-23(36-13-11-30(2,17-36)22-8-6-5-7-9-22)16-38-27(21)34-26(35-38)28(40)33-24-10-12-37(18-32(24)19-44-20-32)25(39)15-31(3,43-4)29(41)42/h5-9,14,16,24H,10-13,15,17-20H2,1-4H3,(H,33,40)(H,41,42)/t24?,30-,31?/m0/s1. The van der Waals surface area contributed by atoms with Gasteiger partial charge in [-0.1, -0.05) is 37.3 Å². The number of hydrogen-bond acceptors (Lipinski definition) is 8. The number of likely N-dealkylation sites (tertiary alicyclic amines) is 1. The summed E-state index contributed by atoms with van der Waals surface area (Å²) in [6.45, 7) is 9.00. The Kier molecular flexibility index (Phi) is 7.61. The van der Waals surface area contributed by atoms with E-state index in [9.17, 15) is 19.5 Å². The molecular formula is C32H40N6O6. The SMILES string of the molecule is COC(C)(CC(=O)N1CCC(NC(=O)c2nc3c(C)cc(N4CC[C@](C)(c5ccccc5)C4)cn3n2)C2(COC2)C1)C(=O)O. The molecule has 3 saturated heterocycles. The number of fused-ring (bicyclic) bond motifs is 1. The maximum Gasteiger partial charge on any atom is 0.336 e. The number of rotatable bonds is 8. The van der Waals surface area contributed by atoms with E-state index in [4.69, 9.17) is 9.47 Å². The number of carbonyl (C=O) groups excluding carboxylic acids is 2. The lowest BCUT2D eigenvalue weighted by Crippen LogP contribution is -2.67. The third kappa shape index (κ3) is 5.30. The Bertz CT molecular complexity index is 1590. The van der Waals surface area contributed by atoms with Crippen LogP contribution in [0.1, 0.15) is 54.9 Å². The first-order valence-corrected chi connectivity index (χ1v) is 15.1. The van der Waals surface area contributed by atoms with Crippen LogP contribution in [0.4, 0.5) is 5.69 Å². The Morgan fingerprint density at radius 1 is 1.18 bits per heavy atom. The molecule has 3 aliphatic heterocycles. The zero-order chi connectivity index (χ0) is 31.3. The molecule has 0 saturated carbocycles. The molecular weight excluding hydrogens is 564 g/mol. The number of piperidine rings is 1. The Labute approximate surface area is 256 Å². The number of hydrogen-bond donors (Lipinski definition) is 2. The predicted octanol–water partition coefficient (Wildman–Crippen LogP) is 2.43. The molecule has 1 aromatic carbocycles. The van der Waals surface area contributed by atoms with Crippen LogP contribution in [0.2, 0.25) is 0 Å². The van der Waals surface area contributed by atoms with Crippen LogP contribution >= 0.6 is 0 Å². The second-order valence-electron chi connectivity index (χ2n) is 13.1. The molecule has 0 radical (unpaired) electrons. The van der Waals surface area contributed by atoms with Crippen LogP contribution in [0.25, 0.3) is 5.65 Å². The average Bonchev–Trinajstić information content (AvgIpc) is 3.62. The smallest absolute Gasteiger partial charge is 0.336 e. The van der Waals surface area contributed by atoms with Crippen LogP contribution in [-0.2, 0) is 24.5 Å². The minimum Gasteiger partial charge on any atom is -0.479 e. The van der Waals surface area contributed by atoms with Crippen LogP contribution < -0.4 is 10.2 Å². The van der Waals surface area contributed by atoms with Crippen molar-refractivity contribution in [3.05, 3.63) is 59.5 Å². The number of aliphatic carboxylic acids is 1. The topological polar surface area (TPSA) is 139 Å². The van der Waals surface area contributed by atoms with E-state index in [1.54, 1.807) is 9.42 Å². The van der Waals surface area contributed by atoms with Crippen LogP contribution in [0, 0.1) is 12.3 Å². The molecule has 6 rings (SSSR count). The summed E-state index contributed by atoms with van der Waals surface area (Å²) >= 11 is 0. The van der Waals surface area contributed by atoms with E-state index >= 15 is 0 Å². The van der Waals surface area contributed by atoms with E-state index in [2.05, 4.69) is 57.6 Å². The van der Waals surface area contributed by atoms with Gasteiger partial charge in [-0.05, 0) is 43.9 Å². The van der Waals surface area contributed by atoms with Crippen molar-refractivity contribution >= 4 is 29.1 Å². The van der Waals surface area contributed by atoms with Gasteiger partial charge in [0.1, 0.15) is 0 Å². The number of benzene rings is 1. The van der Waals surface area contributed by atoms with Gasteiger partial charge in [0.05, 0.1) is 36.9 Å². The molecule has 1 spiro atoms. The summed E-state index contributed by atoms with van der Waals surface area (Å²) in [4.78, 5) is 46.7. The normalized spacial score (nSPS) is 24.2. The van der Waals surface area contributed by atoms with Gasteiger partial charge in [0.15, 0.2) is 11.2 Å². The first-order valence-electron chi connectivity index (χ1n) is 15.1. The van der Waals surface area contributed by atoms with Crippen molar-refractivity contribution in [2.75, 3.05) is 51.4 Å². The third-order valence-electron chi connectivity index (χ3n) is 9.88. The van der Waals surface area contributed by atoms with Gasteiger partial charge in [0.25, 0.3) is 5.91 Å². The minimum absolute atomic E-state index is 0.0542. The van der Waals surface area contributed by atoms with Crippen molar-refractivity contribution in [1.82, 2.24) is 24.8 Å². The van der Waals surface area contributed by atoms with Crippen molar-refractivity contribution in [1.29, 1.82) is 0 Å². The van der Waals surface area contributed by atoms with Crippen molar-refractivity contribution in [2.45, 2.75) is 57.1 Å². The number of nitrogens with zero attached hydrogens (tertiary/aromatic N) is 5. The van der Waals surface area contributed by atoms with Crippen LogP contribution in [0.5, 0.6) is 0 Å². The Morgan fingerprint density at radius 2 is 1.93 bits per heavy atom. The highest BCUT2D eigenvalue weighted by Gasteiger charge is 2.51. The molecule has 2 unspecified atom stereocenters. The molecule has 2 amide bonds. The number of pyridine rings is 1. The number of nitrogens with one attached hydrogen (secondary N) is 1. The number of amides is 2. The Balaban J connectivity index is 1.14. The van der Waals surface area contributed by atoms with Crippen molar-refractivity contribution in [3.63, 3.8) is 0 Å². The summed E-state index contributed by atoms with van der Waals surface area (Å²) in [7, 11) is 1.29. The van der Waals surface area contributed by atoms with Gasteiger partial charge in [0.2, 0.25) is 11.7 Å². The van der Waals surface area contributed by atoms with Gasteiger partial charge in [-0.2, -0.15) is 0 Å². The molecule has 12 nitrogen and oxygen atoms in total. The monoisotopic (exact) mass is 604 g/mol. The second kappa shape index (κ2) is 11.2. The molecule has 44 heavy (non-hydrogen) atoms. The first kappa shape index (κ1) is 30.0. The van der Waals surface area contributed by atoms with Crippen molar-refractivity contribution in [3.8, 4) is 0 Å². The summed E-state index contributed by atoms with van der Waals surface area (Å²) in [5.74, 6) is -1.78. The molecule has 3 atom stereocenters. The number of aromatic nitrogens is 3. The quantitative estimate of drug-likeness (QED) is 0.397. The van der Waals surface area contributed by atoms with E-state index in [1.165, 1.54) is 19.6 Å². The number of carboxylic acids is 1. The summed E-state index contributed by atoms with van der Waals surface area (Å²) < 4.78 is 12.4. The van der Waals surface area contributed by atoms with Crippen LogP contribution in [-0.4, -0.2) is 101 Å². The van der Waals surface area contributed by atoms with Gasteiger partial charge >= 0.3 is 5.97 Å². The highest BCUT2D eigenvalue weighted by atomic mass is 16.5. The van der Waals surface area contributed by atoms with Gasteiger partial charge in [-0.25, -0.2) is 14.3 Å². The number of methoxy groups -OCH3 is 1. The van der Waals surface area contributed by atoms with Gasteiger partial charge in [-0.15, -0.1) is 5.10 Å². The second-order valence-corrected chi connectivity index (χ2v) is 13.1. The fraction of sp³-hybridized carbons (Fsp3) is 0.531. The number of anilines is 1. The summed E-state index contributed by atoms with van der Waals surface area (Å²) in [6.07, 6.45) is 3.21. The zero-order valence-electron chi connectivity index (χ0n) is 25.7. The van der Waals surface area contributed by atoms with Crippen LogP contribution in [0.3, 0.4) is 0 Å². The molecule has 3 fully saturated rings. The lowest BCUT2D eigenvalue weighted by Gasteiger charge is -2.53. The summed E-state index contributed by atoms with van der Waals surface area (Å²) in [6, 6.07) is 12.5. The first-order chi connectivity index (χ1) is 20.9. The molecule has 3 aromatic rings. The number of carboxylic acid groups (broad SMARTS) is 1. The molecule has 0 aliphatic carbocycles. The molecule has 234 valence electrons. The van der Waals surface area contributed by atoms with Crippen molar-refractivity contribution in [2.24, 2.45) is 5.41 Å². The van der Waals surface area contributed by atoms with Gasteiger partial charge in [-0.3, -0.25) is 9.59 Å². The molecule has 3 aliphatic rings. The maximum atomic E-state index is 13.5. The predicted molar refractivity (Wildman–Crippen MR) is 162 cm³/mol. The lowest BCUT2D eigenvalue weighted by molar-refractivity contribution is -0.175. The number of aryl methyl sites for hydroxylation is 1. The zero-order valence-corrected chi connectivity index (χ0v) is 25.7. The van der Waals surface area contributed by atoms with Gasteiger partial charge in [0, 0.05) is 44.7 Å². The third-order valence-corrected chi connectivity index (χ3v) is 9.88. The largest absolute Gasteiger partial charge is 0.479 e. The lowest BCUT2D eigenvalue weighted by atomic mass is 9.73. The van der Waals surface area contributed by atoms with Crippen LogP contribution in [0.15, 0.2) is 42.6 Å². The fourth-order valence-corrected chi connectivity index (χ4v) is 6.77. The minimum atomic E-state index is -1.60. The number of carbonyl (C=O) groups is 3. The van der Waals surface area contributed by atoms with E-state index in [1.807, 2.05) is 19.2 Å². The summed E-state index contributed by atoms with van der Waals surface area (Å²) in [5.41, 5.74) is 1.93. The van der Waals surface area contributed by atoms with E-state index in [0.29, 0.717) is 38.4 Å². The summed E-state index contributed by atoms with van der Waals surface area (Å²) in [5, 5.41) is 17.2. The average molecular weight is 605 g/mol. The van der Waals surface area contributed by atoms with Gasteiger partial charge < -0.3 is 29.7 Å². The molecule has 2 aromatic heterocycles. The molecule has 5 heterocycles. The molecule has 0 bridgehead atoms. The highest BCUT2D eigenvalue weighted by molar-refractivity contribution is 5.91.